The SMILES string of the molecule is C[S+]([O-])c1ccc(Cl)cc1-c1ccc(Br)cc1. The van der Waals surface area contributed by atoms with Crippen LogP contribution in [0.3, 0.4) is 0 Å². The monoisotopic (exact) mass is 328 g/mol. The molecule has 0 heterocycles. The standard InChI is InChI=1S/C13H10BrClOS/c1-17(16)13-7-6-11(15)8-12(13)9-2-4-10(14)5-3-9/h2-8H,1H3. The third-order valence-corrected chi connectivity index (χ3v) is 4.15. The van der Waals surface area contributed by atoms with Crippen molar-refractivity contribution in [1.29, 1.82) is 0 Å². The van der Waals surface area contributed by atoms with Gasteiger partial charge in [0.15, 0.2) is 4.90 Å². The molecule has 0 bridgehead atoms. The fourth-order valence-electron chi connectivity index (χ4n) is 1.61. The number of hydrogen-bond donors (Lipinski definition) is 0. The Kier molecular flexibility index (Phi) is 4.15. The van der Waals surface area contributed by atoms with Crippen LogP contribution in [-0.2, 0) is 11.2 Å². The Morgan fingerprint density at radius 2 is 1.76 bits per heavy atom. The van der Waals surface area contributed by atoms with Crippen LogP contribution in [0.4, 0.5) is 0 Å². The van der Waals surface area contributed by atoms with Crippen LogP contribution in [0.25, 0.3) is 11.1 Å². The lowest BCUT2D eigenvalue weighted by Gasteiger charge is -2.11. The normalized spacial score (nSPS) is 12.5. The summed E-state index contributed by atoms with van der Waals surface area (Å²) in [5.74, 6) is 0. The second kappa shape index (κ2) is 5.44. The van der Waals surface area contributed by atoms with Crippen molar-refractivity contribution in [2.24, 2.45) is 0 Å². The van der Waals surface area contributed by atoms with E-state index in [0.29, 0.717) is 5.02 Å². The summed E-state index contributed by atoms with van der Waals surface area (Å²) >= 11 is 8.36. The molecule has 17 heavy (non-hydrogen) atoms. The van der Waals surface area contributed by atoms with E-state index in [2.05, 4.69) is 15.9 Å². The quantitative estimate of drug-likeness (QED) is 0.744. The van der Waals surface area contributed by atoms with Crippen molar-refractivity contribution in [3.8, 4) is 11.1 Å². The third kappa shape index (κ3) is 3.05. The van der Waals surface area contributed by atoms with E-state index < -0.39 is 11.2 Å². The van der Waals surface area contributed by atoms with Gasteiger partial charge in [-0.2, -0.15) is 0 Å². The molecule has 0 N–H and O–H groups in total. The van der Waals surface area contributed by atoms with Crippen LogP contribution in [-0.4, -0.2) is 10.8 Å². The van der Waals surface area contributed by atoms with Gasteiger partial charge in [0.25, 0.3) is 0 Å². The summed E-state index contributed by atoms with van der Waals surface area (Å²) in [6, 6.07) is 13.3. The Morgan fingerprint density at radius 1 is 1.12 bits per heavy atom. The molecule has 0 aliphatic heterocycles. The minimum Gasteiger partial charge on any atom is -0.612 e. The Labute approximate surface area is 117 Å². The summed E-state index contributed by atoms with van der Waals surface area (Å²) in [5, 5.41) is 0.650. The van der Waals surface area contributed by atoms with Gasteiger partial charge in [-0.15, -0.1) is 0 Å². The van der Waals surface area contributed by atoms with E-state index in [1.807, 2.05) is 36.4 Å². The molecule has 0 saturated heterocycles. The van der Waals surface area contributed by atoms with Crippen molar-refractivity contribution in [2.45, 2.75) is 4.90 Å². The first kappa shape index (κ1) is 13.0. The summed E-state index contributed by atoms with van der Waals surface area (Å²) in [5.41, 5.74) is 1.94. The van der Waals surface area contributed by atoms with E-state index in [4.69, 9.17) is 11.6 Å². The molecule has 0 amide bonds. The van der Waals surface area contributed by atoms with E-state index >= 15 is 0 Å². The summed E-state index contributed by atoms with van der Waals surface area (Å²) in [6.07, 6.45) is 1.67. The van der Waals surface area contributed by atoms with Gasteiger partial charge in [-0.3, -0.25) is 0 Å². The van der Waals surface area contributed by atoms with Gasteiger partial charge < -0.3 is 4.55 Å². The molecule has 88 valence electrons. The van der Waals surface area contributed by atoms with E-state index in [1.54, 1.807) is 12.3 Å². The molecule has 4 heteroatoms. The zero-order chi connectivity index (χ0) is 12.4. The lowest BCUT2D eigenvalue weighted by molar-refractivity contribution is 0.601. The summed E-state index contributed by atoms with van der Waals surface area (Å²) in [7, 11) is 0. The molecule has 1 unspecified atom stereocenters. The van der Waals surface area contributed by atoms with Gasteiger partial charge in [-0.05, 0) is 47.1 Å². The molecule has 0 aliphatic carbocycles. The minimum atomic E-state index is -1.02. The van der Waals surface area contributed by atoms with Crippen molar-refractivity contribution in [3.63, 3.8) is 0 Å². The van der Waals surface area contributed by atoms with Crippen LogP contribution in [0, 0.1) is 0 Å². The van der Waals surface area contributed by atoms with Crippen LogP contribution in [0.2, 0.25) is 5.02 Å². The fourth-order valence-corrected chi connectivity index (χ4v) is 2.79. The minimum absolute atomic E-state index is 0.650. The van der Waals surface area contributed by atoms with Gasteiger partial charge in [0.2, 0.25) is 0 Å². The van der Waals surface area contributed by atoms with Crippen molar-refractivity contribution < 1.29 is 4.55 Å². The highest BCUT2D eigenvalue weighted by atomic mass is 79.9. The molecular weight excluding hydrogens is 320 g/mol. The van der Waals surface area contributed by atoms with Crippen molar-refractivity contribution in [3.05, 3.63) is 52.0 Å². The van der Waals surface area contributed by atoms with Crippen molar-refractivity contribution in [2.75, 3.05) is 6.26 Å². The smallest absolute Gasteiger partial charge is 0.160 e. The first-order valence-corrected chi connectivity index (χ1v) is 7.70. The molecule has 0 saturated carbocycles. The number of hydrogen-bond acceptors (Lipinski definition) is 1. The largest absolute Gasteiger partial charge is 0.612 e. The maximum atomic E-state index is 11.7. The average Bonchev–Trinajstić information content (AvgIpc) is 2.29. The molecule has 2 rings (SSSR count). The van der Waals surface area contributed by atoms with Gasteiger partial charge in [0.05, 0.1) is 0 Å². The highest BCUT2D eigenvalue weighted by molar-refractivity contribution is 9.10. The topological polar surface area (TPSA) is 23.1 Å². The zero-order valence-corrected chi connectivity index (χ0v) is 12.3. The Bertz CT molecular complexity index is 525. The lowest BCUT2D eigenvalue weighted by Crippen LogP contribution is -1.99. The summed E-state index contributed by atoms with van der Waals surface area (Å²) in [6.45, 7) is 0. The molecule has 0 aliphatic rings. The van der Waals surface area contributed by atoms with E-state index in [0.717, 1.165) is 20.5 Å². The van der Waals surface area contributed by atoms with E-state index in [9.17, 15) is 4.55 Å². The highest BCUT2D eigenvalue weighted by Gasteiger charge is 2.13. The molecule has 1 nitrogen and oxygen atoms in total. The molecule has 0 aromatic heterocycles. The predicted octanol–water partition coefficient (Wildman–Crippen LogP) is 4.51. The molecule has 0 fully saturated rings. The number of benzene rings is 2. The van der Waals surface area contributed by atoms with Crippen LogP contribution in [0.15, 0.2) is 51.8 Å². The van der Waals surface area contributed by atoms with Crippen molar-refractivity contribution in [1.82, 2.24) is 0 Å². The number of halogens is 2. The van der Waals surface area contributed by atoms with Gasteiger partial charge in [0, 0.05) is 15.1 Å². The van der Waals surface area contributed by atoms with Crippen molar-refractivity contribution >= 4 is 38.7 Å². The van der Waals surface area contributed by atoms with E-state index in [-0.39, 0.29) is 0 Å². The third-order valence-electron chi connectivity index (χ3n) is 2.41. The summed E-state index contributed by atoms with van der Waals surface area (Å²) < 4.78 is 12.7. The highest BCUT2D eigenvalue weighted by Crippen LogP contribution is 2.30. The van der Waals surface area contributed by atoms with Crippen LogP contribution >= 0.6 is 27.5 Å². The maximum absolute atomic E-state index is 11.7. The van der Waals surface area contributed by atoms with Gasteiger partial charge >= 0.3 is 0 Å². The average molecular weight is 330 g/mol. The Balaban J connectivity index is 2.56. The fraction of sp³-hybridized carbons (Fsp3) is 0.0769. The van der Waals surface area contributed by atoms with Gasteiger partial charge in [0.1, 0.15) is 6.26 Å². The van der Waals surface area contributed by atoms with E-state index in [1.165, 1.54) is 0 Å². The first-order chi connectivity index (χ1) is 8.08. The second-order valence-electron chi connectivity index (χ2n) is 3.60. The Morgan fingerprint density at radius 3 is 2.35 bits per heavy atom. The Hall–Kier alpha value is -0.480. The molecule has 0 spiro atoms. The summed E-state index contributed by atoms with van der Waals surface area (Å²) in [4.78, 5) is 0.803. The van der Waals surface area contributed by atoms with Crippen LogP contribution in [0.5, 0.6) is 0 Å². The lowest BCUT2D eigenvalue weighted by atomic mass is 10.1. The van der Waals surface area contributed by atoms with Gasteiger partial charge in [-0.25, -0.2) is 0 Å². The first-order valence-electron chi connectivity index (χ1n) is 4.97. The zero-order valence-electron chi connectivity index (χ0n) is 9.11. The molecule has 0 radical (unpaired) electrons. The van der Waals surface area contributed by atoms with Crippen LogP contribution in [0.1, 0.15) is 0 Å². The maximum Gasteiger partial charge on any atom is 0.160 e. The predicted molar refractivity (Wildman–Crippen MR) is 76.9 cm³/mol. The molecule has 2 aromatic rings. The van der Waals surface area contributed by atoms with Gasteiger partial charge in [-0.1, -0.05) is 39.7 Å². The molecular formula is C13H10BrClOS. The molecule has 2 aromatic carbocycles. The van der Waals surface area contributed by atoms with Crippen LogP contribution < -0.4 is 0 Å². The molecule has 1 atom stereocenters. The number of rotatable bonds is 2. The second-order valence-corrected chi connectivity index (χ2v) is 6.30.